The van der Waals surface area contributed by atoms with E-state index in [4.69, 9.17) is 0 Å². The third-order valence-corrected chi connectivity index (χ3v) is 4.00. The van der Waals surface area contributed by atoms with Gasteiger partial charge in [-0.15, -0.1) is 0 Å². The largest absolute Gasteiger partial charge is 0.310 e. The average Bonchev–Trinajstić information content (AvgIpc) is 2.40. The number of nitrogens with one attached hydrogen (secondary N) is 1. The van der Waals surface area contributed by atoms with Gasteiger partial charge in [-0.25, -0.2) is 4.39 Å². The lowest BCUT2D eigenvalue weighted by Gasteiger charge is -2.20. The molecule has 2 aromatic carbocycles. The van der Waals surface area contributed by atoms with Crippen molar-refractivity contribution in [3.8, 4) is 0 Å². The van der Waals surface area contributed by atoms with Gasteiger partial charge in [-0.1, -0.05) is 52.2 Å². The summed E-state index contributed by atoms with van der Waals surface area (Å²) >= 11 is 3.43. The lowest BCUT2D eigenvalue weighted by molar-refractivity contribution is 0.509. The number of hydrogen-bond donors (Lipinski definition) is 1. The second-order valence-electron chi connectivity index (χ2n) is 5.48. The van der Waals surface area contributed by atoms with Gasteiger partial charge in [0.1, 0.15) is 5.82 Å². The topological polar surface area (TPSA) is 12.0 Å². The average molecular weight is 350 g/mol. The van der Waals surface area contributed by atoms with Crippen LogP contribution in [0.1, 0.15) is 35.2 Å². The first-order chi connectivity index (χ1) is 9.99. The monoisotopic (exact) mass is 349 g/mol. The Labute approximate surface area is 134 Å². The maximum Gasteiger partial charge on any atom is 0.128 e. The van der Waals surface area contributed by atoms with Crippen LogP contribution in [0, 0.1) is 19.7 Å². The Kier molecular flexibility index (Phi) is 5.54. The molecule has 2 aromatic rings. The van der Waals surface area contributed by atoms with Crippen molar-refractivity contribution in [3.63, 3.8) is 0 Å². The summed E-state index contributed by atoms with van der Waals surface area (Å²) < 4.78 is 15.0. The van der Waals surface area contributed by atoms with Crippen molar-refractivity contribution >= 4 is 15.9 Å². The maximum atomic E-state index is 14.1. The Balaban J connectivity index is 2.32. The van der Waals surface area contributed by atoms with E-state index in [1.807, 2.05) is 13.0 Å². The van der Waals surface area contributed by atoms with Crippen LogP contribution < -0.4 is 5.32 Å². The van der Waals surface area contributed by atoms with Gasteiger partial charge in [0, 0.05) is 16.1 Å². The zero-order chi connectivity index (χ0) is 15.4. The van der Waals surface area contributed by atoms with Crippen molar-refractivity contribution in [2.45, 2.75) is 33.2 Å². The Morgan fingerprint density at radius 2 is 1.76 bits per heavy atom. The highest BCUT2D eigenvalue weighted by Gasteiger charge is 2.16. The zero-order valence-electron chi connectivity index (χ0n) is 12.7. The molecular formula is C18H21BrFN. The van der Waals surface area contributed by atoms with Crippen molar-refractivity contribution in [1.29, 1.82) is 0 Å². The molecule has 0 aromatic heterocycles. The quantitative estimate of drug-likeness (QED) is 0.791. The Hall–Kier alpha value is -1.19. The third kappa shape index (κ3) is 4.39. The molecule has 0 aliphatic heterocycles. The predicted molar refractivity (Wildman–Crippen MR) is 90.1 cm³/mol. The van der Waals surface area contributed by atoms with E-state index >= 15 is 0 Å². The third-order valence-electron chi connectivity index (χ3n) is 3.51. The van der Waals surface area contributed by atoms with Gasteiger partial charge in [0.2, 0.25) is 0 Å². The van der Waals surface area contributed by atoms with Gasteiger partial charge in [0.25, 0.3) is 0 Å². The van der Waals surface area contributed by atoms with Crippen molar-refractivity contribution in [1.82, 2.24) is 5.32 Å². The summed E-state index contributed by atoms with van der Waals surface area (Å²) in [5.74, 6) is -0.159. The lowest BCUT2D eigenvalue weighted by atomic mass is 9.96. The molecule has 1 N–H and O–H groups in total. The standard InChI is InChI=1S/C18H21BrFN/c1-4-21-18(16-11-15(19)5-6-17(16)20)10-14-8-12(2)7-13(3)9-14/h5-9,11,18,21H,4,10H2,1-3H3. The van der Waals surface area contributed by atoms with E-state index in [-0.39, 0.29) is 11.9 Å². The van der Waals surface area contributed by atoms with E-state index < -0.39 is 0 Å². The molecule has 0 amide bonds. The Morgan fingerprint density at radius 3 is 2.38 bits per heavy atom. The van der Waals surface area contributed by atoms with Crippen LogP contribution in [0.2, 0.25) is 0 Å². The van der Waals surface area contributed by atoms with Gasteiger partial charge in [0.05, 0.1) is 0 Å². The van der Waals surface area contributed by atoms with E-state index in [2.05, 4.69) is 53.3 Å². The van der Waals surface area contributed by atoms with Gasteiger partial charge in [-0.2, -0.15) is 0 Å². The first-order valence-electron chi connectivity index (χ1n) is 7.25. The van der Waals surface area contributed by atoms with E-state index in [1.165, 1.54) is 22.8 Å². The van der Waals surface area contributed by atoms with Crippen molar-refractivity contribution in [2.24, 2.45) is 0 Å². The molecule has 0 spiro atoms. The highest BCUT2D eigenvalue weighted by Crippen LogP contribution is 2.25. The second kappa shape index (κ2) is 7.19. The van der Waals surface area contributed by atoms with E-state index in [0.29, 0.717) is 5.56 Å². The van der Waals surface area contributed by atoms with Crippen LogP contribution in [0.25, 0.3) is 0 Å². The van der Waals surface area contributed by atoms with E-state index in [9.17, 15) is 4.39 Å². The minimum Gasteiger partial charge on any atom is -0.310 e. The fourth-order valence-corrected chi connectivity index (χ4v) is 3.12. The molecule has 0 radical (unpaired) electrons. The minimum atomic E-state index is -0.159. The van der Waals surface area contributed by atoms with E-state index in [1.54, 1.807) is 6.07 Å². The number of benzene rings is 2. The summed E-state index contributed by atoms with van der Waals surface area (Å²) in [6, 6.07) is 11.6. The normalized spacial score (nSPS) is 12.4. The first-order valence-corrected chi connectivity index (χ1v) is 8.04. The fraction of sp³-hybridized carbons (Fsp3) is 0.333. The second-order valence-corrected chi connectivity index (χ2v) is 6.39. The molecule has 0 aliphatic rings. The lowest BCUT2D eigenvalue weighted by Crippen LogP contribution is -2.24. The van der Waals surface area contributed by atoms with Crippen LogP contribution in [-0.4, -0.2) is 6.54 Å². The summed E-state index contributed by atoms with van der Waals surface area (Å²) in [5.41, 5.74) is 4.44. The van der Waals surface area contributed by atoms with Crippen molar-refractivity contribution < 1.29 is 4.39 Å². The highest BCUT2D eigenvalue weighted by molar-refractivity contribution is 9.10. The summed E-state index contributed by atoms with van der Waals surface area (Å²) in [7, 11) is 0. The smallest absolute Gasteiger partial charge is 0.128 e. The SMILES string of the molecule is CCNC(Cc1cc(C)cc(C)c1)c1cc(Br)ccc1F. The summed E-state index contributed by atoms with van der Waals surface area (Å²) in [6.07, 6.45) is 0.781. The number of hydrogen-bond acceptors (Lipinski definition) is 1. The van der Waals surface area contributed by atoms with Crippen molar-refractivity contribution in [2.75, 3.05) is 6.54 Å². The number of rotatable bonds is 5. The summed E-state index contributed by atoms with van der Waals surface area (Å²) in [4.78, 5) is 0. The van der Waals surface area contributed by atoms with Gasteiger partial charge in [-0.3, -0.25) is 0 Å². The molecule has 21 heavy (non-hydrogen) atoms. The van der Waals surface area contributed by atoms with Gasteiger partial charge >= 0.3 is 0 Å². The fourth-order valence-electron chi connectivity index (χ4n) is 2.74. The molecule has 0 aliphatic carbocycles. The van der Waals surface area contributed by atoms with Gasteiger partial charge < -0.3 is 5.32 Å². The molecule has 0 saturated heterocycles. The minimum absolute atomic E-state index is 0.0197. The predicted octanol–water partition coefficient (Wildman–Crippen LogP) is 5.10. The van der Waals surface area contributed by atoms with Gasteiger partial charge in [0.15, 0.2) is 0 Å². The van der Waals surface area contributed by atoms with Crippen LogP contribution in [0.15, 0.2) is 40.9 Å². The summed E-state index contributed by atoms with van der Waals surface area (Å²) in [5, 5.41) is 3.39. The molecule has 0 fully saturated rings. The molecule has 1 atom stereocenters. The van der Waals surface area contributed by atoms with Crippen molar-refractivity contribution in [3.05, 3.63) is 68.9 Å². The molecule has 112 valence electrons. The molecule has 0 heterocycles. The molecule has 0 bridgehead atoms. The molecule has 1 unspecified atom stereocenters. The first kappa shape index (κ1) is 16.2. The maximum absolute atomic E-state index is 14.1. The Bertz CT molecular complexity index is 604. The molecular weight excluding hydrogens is 329 g/mol. The Morgan fingerprint density at radius 1 is 1.10 bits per heavy atom. The van der Waals surface area contributed by atoms with Crippen LogP contribution in [0.4, 0.5) is 4.39 Å². The molecule has 0 saturated carbocycles. The molecule has 2 rings (SSSR count). The molecule has 1 nitrogen and oxygen atoms in total. The number of halogens is 2. The number of aryl methyl sites for hydroxylation is 2. The molecule has 3 heteroatoms. The zero-order valence-corrected chi connectivity index (χ0v) is 14.3. The van der Waals surface area contributed by atoms with Crippen LogP contribution in [-0.2, 0) is 6.42 Å². The van der Waals surface area contributed by atoms with Crippen LogP contribution >= 0.6 is 15.9 Å². The van der Waals surface area contributed by atoms with Gasteiger partial charge in [-0.05, 0) is 50.6 Å². The van der Waals surface area contributed by atoms with Crippen LogP contribution in [0.5, 0.6) is 0 Å². The highest BCUT2D eigenvalue weighted by atomic mass is 79.9. The summed E-state index contributed by atoms with van der Waals surface area (Å²) in [6.45, 7) is 7.04. The number of likely N-dealkylation sites (N-methyl/N-ethyl adjacent to an activating group) is 1. The van der Waals surface area contributed by atoms with Crippen LogP contribution in [0.3, 0.4) is 0 Å². The van der Waals surface area contributed by atoms with E-state index in [0.717, 1.165) is 17.4 Å².